The number of rotatable bonds is 6. The third-order valence-corrected chi connectivity index (χ3v) is 5.01. The summed E-state index contributed by atoms with van der Waals surface area (Å²) in [5, 5.41) is 4.19. The van der Waals surface area contributed by atoms with Gasteiger partial charge < -0.3 is 5.32 Å². The van der Waals surface area contributed by atoms with Crippen LogP contribution in [0.5, 0.6) is 0 Å². The van der Waals surface area contributed by atoms with E-state index in [0.29, 0.717) is 21.3 Å². The lowest BCUT2D eigenvalue weighted by molar-refractivity contribution is -0.116. The number of anilines is 1. The zero-order valence-electron chi connectivity index (χ0n) is 15.3. The van der Waals surface area contributed by atoms with Crippen molar-refractivity contribution in [2.45, 2.75) is 19.3 Å². The van der Waals surface area contributed by atoms with Crippen LogP contribution in [0.2, 0.25) is 10.0 Å². The topological polar surface area (TPSA) is 46.2 Å². The predicted molar refractivity (Wildman–Crippen MR) is 114 cm³/mol. The molecule has 0 heterocycles. The van der Waals surface area contributed by atoms with Crippen molar-refractivity contribution in [3.8, 4) is 0 Å². The van der Waals surface area contributed by atoms with Gasteiger partial charge in [0, 0.05) is 33.6 Å². The fourth-order valence-electron chi connectivity index (χ4n) is 3.00. The third kappa shape index (κ3) is 5.22. The summed E-state index contributed by atoms with van der Waals surface area (Å²) in [6.07, 6.45) is 0.262. The largest absolute Gasteiger partial charge is 0.326 e. The number of ketones is 1. The predicted octanol–water partition coefficient (Wildman–Crippen LogP) is 6.36. The molecule has 0 aromatic heterocycles. The van der Waals surface area contributed by atoms with Crippen molar-refractivity contribution in [1.29, 1.82) is 0 Å². The molecule has 5 heteroatoms. The lowest BCUT2D eigenvalue weighted by Crippen LogP contribution is -2.16. The molecule has 0 radical (unpaired) electrons. The summed E-state index contributed by atoms with van der Waals surface area (Å²) in [7, 11) is 0. The highest BCUT2D eigenvalue weighted by Gasteiger charge is 2.19. The van der Waals surface area contributed by atoms with Crippen LogP contribution in [0, 0.1) is 0 Å². The van der Waals surface area contributed by atoms with Crippen molar-refractivity contribution < 1.29 is 9.59 Å². The summed E-state index contributed by atoms with van der Waals surface area (Å²) in [5.41, 5.74) is 3.25. The highest BCUT2D eigenvalue weighted by atomic mass is 35.5. The van der Waals surface area contributed by atoms with Gasteiger partial charge >= 0.3 is 0 Å². The van der Waals surface area contributed by atoms with Gasteiger partial charge in [0.25, 0.3) is 0 Å². The molecule has 3 nitrogen and oxygen atoms in total. The Labute approximate surface area is 174 Å². The zero-order valence-corrected chi connectivity index (χ0v) is 16.8. The first kappa shape index (κ1) is 20.1. The Kier molecular flexibility index (Phi) is 6.50. The van der Waals surface area contributed by atoms with E-state index < -0.39 is 0 Å². The Morgan fingerprint density at radius 3 is 1.68 bits per heavy atom. The Morgan fingerprint density at radius 1 is 0.786 bits per heavy atom. The Morgan fingerprint density at radius 2 is 1.25 bits per heavy atom. The molecule has 3 aromatic rings. The van der Waals surface area contributed by atoms with E-state index in [-0.39, 0.29) is 24.0 Å². The summed E-state index contributed by atoms with van der Waals surface area (Å²) < 4.78 is 0. The number of hydrogen-bond acceptors (Lipinski definition) is 2. The van der Waals surface area contributed by atoms with Crippen LogP contribution in [-0.4, -0.2) is 11.7 Å². The number of hydrogen-bond donors (Lipinski definition) is 1. The van der Waals surface area contributed by atoms with E-state index in [0.717, 1.165) is 11.1 Å². The van der Waals surface area contributed by atoms with Gasteiger partial charge in [-0.25, -0.2) is 0 Å². The van der Waals surface area contributed by atoms with Crippen molar-refractivity contribution in [3.05, 3.63) is 99.5 Å². The number of amides is 1. The minimum absolute atomic E-state index is 0.0107. The molecule has 1 N–H and O–H groups in total. The van der Waals surface area contributed by atoms with Gasteiger partial charge in [-0.1, -0.05) is 47.5 Å². The number of carbonyl (C=O) groups excluding carboxylic acids is 2. The Bertz CT molecular complexity index is 919. The highest BCUT2D eigenvalue weighted by Crippen LogP contribution is 2.30. The van der Waals surface area contributed by atoms with Gasteiger partial charge in [-0.05, 0) is 66.6 Å². The van der Waals surface area contributed by atoms with E-state index in [4.69, 9.17) is 23.2 Å². The first-order valence-corrected chi connectivity index (χ1v) is 9.60. The minimum atomic E-state index is -0.133. The molecule has 0 spiro atoms. The smallest absolute Gasteiger partial charge is 0.225 e. The van der Waals surface area contributed by atoms with E-state index in [2.05, 4.69) is 5.32 Å². The molecular formula is C23H19Cl2NO2. The summed E-state index contributed by atoms with van der Waals surface area (Å²) in [4.78, 5) is 24.1. The van der Waals surface area contributed by atoms with Gasteiger partial charge in [-0.2, -0.15) is 0 Å². The van der Waals surface area contributed by atoms with Crippen LogP contribution in [0.4, 0.5) is 5.69 Å². The highest BCUT2D eigenvalue weighted by molar-refractivity contribution is 6.30. The van der Waals surface area contributed by atoms with Crippen molar-refractivity contribution >= 4 is 40.6 Å². The van der Waals surface area contributed by atoms with E-state index in [9.17, 15) is 9.59 Å². The van der Waals surface area contributed by atoms with E-state index in [1.807, 2.05) is 48.5 Å². The maximum atomic E-state index is 12.7. The van der Waals surface area contributed by atoms with Gasteiger partial charge in [-0.3, -0.25) is 9.59 Å². The summed E-state index contributed by atoms with van der Waals surface area (Å²) >= 11 is 12.0. The molecule has 142 valence electrons. The second-order valence-electron chi connectivity index (χ2n) is 6.54. The summed E-state index contributed by atoms with van der Waals surface area (Å²) in [6.45, 7) is 1.51. The van der Waals surface area contributed by atoms with Gasteiger partial charge in [0.15, 0.2) is 5.78 Å². The molecule has 0 saturated carbocycles. The lowest BCUT2D eigenvalue weighted by Gasteiger charge is -2.18. The second kappa shape index (κ2) is 9.05. The van der Waals surface area contributed by atoms with Gasteiger partial charge in [0.05, 0.1) is 0 Å². The second-order valence-corrected chi connectivity index (χ2v) is 7.41. The summed E-state index contributed by atoms with van der Waals surface area (Å²) in [6, 6.07) is 21.8. The SMILES string of the molecule is CC(=O)c1ccc(NC(=O)CC(c2ccc(Cl)cc2)c2ccc(Cl)cc2)cc1. The van der Waals surface area contributed by atoms with Gasteiger partial charge in [0.2, 0.25) is 5.91 Å². The van der Waals surface area contributed by atoms with Crippen LogP contribution in [0.15, 0.2) is 72.8 Å². The molecular weight excluding hydrogens is 393 g/mol. The minimum Gasteiger partial charge on any atom is -0.326 e. The normalized spacial score (nSPS) is 10.7. The van der Waals surface area contributed by atoms with Crippen LogP contribution in [0.25, 0.3) is 0 Å². The number of benzene rings is 3. The molecule has 3 aromatic carbocycles. The Hall–Kier alpha value is -2.62. The molecule has 0 atom stereocenters. The molecule has 0 aliphatic carbocycles. The van der Waals surface area contributed by atoms with Crippen molar-refractivity contribution in [2.24, 2.45) is 0 Å². The average molecular weight is 412 g/mol. The first-order chi connectivity index (χ1) is 13.4. The third-order valence-electron chi connectivity index (χ3n) is 4.51. The van der Waals surface area contributed by atoms with Crippen molar-refractivity contribution in [3.63, 3.8) is 0 Å². The molecule has 0 saturated heterocycles. The lowest BCUT2D eigenvalue weighted by atomic mass is 9.88. The van der Waals surface area contributed by atoms with Gasteiger partial charge in [0.1, 0.15) is 0 Å². The maximum absolute atomic E-state index is 12.7. The molecule has 0 aliphatic rings. The molecule has 0 bridgehead atoms. The van der Waals surface area contributed by atoms with Crippen LogP contribution in [-0.2, 0) is 4.79 Å². The monoisotopic (exact) mass is 411 g/mol. The van der Waals surface area contributed by atoms with E-state index in [1.165, 1.54) is 6.92 Å². The van der Waals surface area contributed by atoms with Crippen molar-refractivity contribution in [2.75, 3.05) is 5.32 Å². The zero-order chi connectivity index (χ0) is 20.1. The van der Waals surface area contributed by atoms with Crippen LogP contribution < -0.4 is 5.32 Å². The first-order valence-electron chi connectivity index (χ1n) is 8.84. The molecule has 0 fully saturated rings. The van der Waals surface area contributed by atoms with E-state index >= 15 is 0 Å². The number of carbonyl (C=O) groups is 2. The summed E-state index contributed by atoms with van der Waals surface area (Å²) in [5.74, 6) is -0.264. The molecule has 0 aliphatic heterocycles. The Balaban J connectivity index is 1.80. The number of Topliss-reactive ketones (excluding diaryl/α,β-unsaturated/α-hetero) is 1. The standard InChI is InChI=1S/C23H19Cl2NO2/c1-15(27)16-6-12-21(13-7-16)26-23(28)14-22(17-2-8-19(24)9-3-17)18-4-10-20(25)11-5-18/h2-13,22H,14H2,1H3,(H,26,28). The maximum Gasteiger partial charge on any atom is 0.225 e. The molecule has 3 rings (SSSR count). The quantitative estimate of drug-likeness (QED) is 0.479. The molecule has 1 amide bonds. The fraction of sp³-hybridized carbons (Fsp3) is 0.130. The van der Waals surface area contributed by atoms with Gasteiger partial charge in [-0.15, -0.1) is 0 Å². The van der Waals surface area contributed by atoms with E-state index in [1.54, 1.807) is 24.3 Å². The van der Waals surface area contributed by atoms with Crippen molar-refractivity contribution in [1.82, 2.24) is 0 Å². The number of nitrogens with one attached hydrogen (secondary N) is 1. The van der Waals surface area contributed by atoms with Crippen LogP contribution in [0.1, 0.15) is 40.7 Å². The fourth-order valence-corrected chi connectivity index (χ4v) is 3.26. The van der Waals surface area contributed by atoms with Crippen LogP contribution >= 0.6 is 23.2 Å². The van der Waals surface area contributed by atoms with Crippen LogP contribution in [0.3, 0.4) is 0 Å². The molecule has 0 unspecified atom stereocenters. The number of halogens is 2. The molecule has 28 heavy (non-hydrogen) atoms. The average Bonchev–Trinajstić information content (AvgIpc) is 2.68.